The van der Waals surface area contributed by atoms with Crippen molar-refractivity contribution in [1.29, 1.82) is 0 Å². The average Bonchev–Trinajstić information content (AvgIpc) is 3.13. The summed E-state index contributed by atoms with van der Waals surface area (Å²) in [6.45, 7) is 3.56. The molecule has 1 unspecified atom stereocenters. The quantitative estimate of drug-likeness (QED) is 0.346. The number of hydrogen-bond acceptors (Lipinski definition) is 5. The summed E-state index contributed by atoms with van der Waals surface area (Å²) >= 11 is 7.56. The molecule has 0 aliphatic heterocycles. The van der Waals surface area contributed by atoms with Crippen molar-refractivity contribution < 1.29 is 18.7 Å². The molecule has 0 aliphatic rings. The number of benzene rings is 3. The van der Waals surface area contributed by atoms with E-state index >= 15 is 0 Å². The van der Waals surface area contributed by atoms with Gasteiger partial charge in [0.25, 0.3) is 0 Å². The van der Waals surface area contributed by atoms with Gasteiger partial charge in [0.05, 0.1) is 15.2 Å². The summed E-state index contributed by atoms with van der Waals surface area (Å²) in [7, 11) is 0. The molecule has 0 radical (unpaired) electrons. The van der Waals surface area contributed by atoms with Crippen molar-refractivity contribution in [3.8, 4) is 11.5 Å². The first-order chi connectivity index (χ1) is 14.9. The second-order valence-electron chi connectivity index (χ2n) is 6.83. The first-order valence-electron chi connectivity index (χ1n) is 9.46. The number of nitrogens with one attached hydrogen (secondary N) is 1. The van der Waals surface area contributed by atoms with Crippen molar-refractivity contribution in [3.63, 3.8) is 0 Å². The molecule has 8 heteroatoms. The zero-order valence-electron chi connectivity index (χ0n) is 16.7. The Morgan fingerprint density at radius 1 is 1.13 bits per heavy atom. The zero-order valence-corrected chi connectivity index (χ0v) is 18.3. The Kier molecular flexibility index (Phi) is 6.06. The van der Waals surface area contributed by atoms with Crippen molar-refractivity contribution in [2.45, 2.75) is 20.0 Å². The van der Waals surface area contributed by atoms with Crippen LogP contribution in [0.25, 0.3) is 10.2 Å². The van der Waals surface area contributed by atoms with E-state index in [0.717, 1.165) is 10.3 Å². The lowest BCUT2D eigenvalue weighted by Gasteiger charge is -2.18. The van der Waals surface area contributed by atoms with E-state index in [1.165, 1.54) is 17.4 Å². The van der Waals surface area contributed by atoms with Crippen LogP contribution in [0.15, 0.2) is 60.7 Å². The number of aryl methyl sites for hydroxylation is 1. The maximum atomic E-state index is 14.3. The van der Waals surface area contributed by atoms with E-state index in [9.17, 15) is 9.18 Å². The number of carbonyl (C=O) groups excluding carboxylic acids is 1. The molecule has 4 rings (SSSR count). The molecule has 0 spiro atoms. The Balaban J connectivity index is 1.49. The maximum Gasteiger partial charge on any atom is 0.418 e. The third kappa shape index (κ3) is 4.78. The fourth-order valence-corrected chi connectivity index (χ4v) is 4.24. The van der Waals surface area contributed by atoms with E-state index in [1.807, 2.05) is 13.0 Å². The Labute approximate surface area is 187 Å². The van der Waals surface area contributed by atoms with Gasteiger partial charge in [-0.1, -0.05) is 47.2 Å². The SMILES string of the molecule is Cc1ccc(F)c(C(C)Oc2ccc3nc(NC(=O)Oc4ccccc4)sc3c2)c1Cl. The smallest absolute Gasteiger partial charge is 0.418 e. The van der Waals surface area contributed by atoms with Crippen molar-refractivity contribution in [2.75, 3.05) is 5.32 Å². The number of anilines is 1. The van der Waals surface area contributed by atoms with Gasteiger partial charge in [0, 0.05) is 5.56 Å². The molecule has 1 amide bonds. The van der Waals surface area contributed by atoms with Gasteiger partial charge in [-0.25, -0.2) is 14.2 Å². The van der Waals surface area contributed by atoms with Gasteiger partial charge in [-0.15, -0.1) is 0 Å². The molecule has 1 atom stereocenters. The Morgan fingerprint density at radius 3 is 2.68 bits per heavy atom. The zero-order chi connectivity index (χ0) is 22.0. The number of rotatable bonds is 5. The normalized spacial score (nSPS) is 11.9. The number of hydrogen-bond donors (Lipinski definition) is 1. The minimum Gasteiger partial charge on any atom is -0.486 e. The van der Waals surface area contributed by atoms with Crippen LogP contribution in [0.2, 0.25) is 5.02 Å². The van der Waals surface area contributed by atoms with Crippen molar-refractivity contribution in [1.82, 2.24) is 4.98 Å². The van der Waals surface area contributed by atoms with Crippen LogP contribution in [0.3, 0.4) is 0 Å². The second-order valence-corrected chi connectivity index (χ2v) is 8.24. The topological polar surface area (TPSA) is 60.5 Å². The number of nitrogens with zero attached hydrogens (tertiary/aromatic N) is 1. The molecule has 1 heterocycles. The number of thiazole rings is 1. The Hall–Kier alpha value is -3.16. The van der Waals surface area contributed by atoms with E-state index < -0.39 is 18.0 Å². The van der Waals surface area contributed by atoms with Crippen LogP contribution in [0.4, 0.5) is 14.3 Å². The van der Waals surface area contributed by atoms with Crippen LogP contribution in [0, 0.1) is 12.7 Å². The largest absolute Gasteiger partial charge is 0.486 e. The van der Waals surface area contributed by atoms with E-state index in [0.29, 0.717) is 32.7 Å². The van der Waals surface area contributed by atoms with Crippen LogP contribution in [-0.4, -0.2) is 11.1 Å². The summed E-state index contributed by atoms with van der Waals surface area (Å²) in [5.41, 5.74) is 1.79. The van der Waals surface area contributed by atoms with Gasteiger partial charge in [0.2, 0.25) is 0 Å². The summed E-state index contributed by atoms with van der Waals surface area (Å²) in [6.07, 6.45) is -1.21. The van der Waals surface area contributed by atoms with Gasteiger partial charge in [0.1, 0.15) is 23.4 Å². The van der Waals surface area contributed by atoms with Gasteiger partial charge in [0.15, 0.2) is 5.13 Å². The third-order valence-corrected chi connectivity index (χ3v) is 6.00. The molecule has 1 N–H and O–H groups in total. The first-order valence-corrected chi connectivity index (χ1v) is 10.7. The fraction of sp³-hybridized carbons (Fsp3) is 0.130. The standard InChI is InChI=1S/C23H18ClFN2O3S/c1-13-8-10-17(25)20(21(13)24)14(2)29-16-9-11-18-19(12-16)31-22(26-18)27-23(28)30-15-6-4-3-5-7-15/h3-12,14H,1-2H3,(H,26,27,28). The molecular formula is C23H18ClFN2O3S. The highest BCUT2D eigenvalue weighted by atomic mass is 35.5. The highest BCUT2D eigenvalue weighted by Gasteiger charge is 2.19. The lowest BCUT2D eigenvalue weighted by atomic mass is 10.1. The third-order valence-electron chi connectivity index (χ3n) is 4.56. The second kappa shape index (κ2) is 8.91. The minimum absolute atomic E-state index is 0.317. The van der Waals surface area contributed by atoms with Gasteiger partial charge >= 0.3 is 6.09 Å². The predicted octanol–water partition coefficient (Wildman–Crippen LogP) is 7.15. The van der Waals surface area contributed by atoms with E-state index in [1.54, 1.807) is 55.5 Å². The summed E-state index contributed by atoms with van der Waals surface area (Å²) in [5.74, 6) is 0.567. The molecule has 3 aromatic carbocycles. The molecule has 0 saturated carbocycles. The molecular weight excluding hydrogens is 439 g/mol. The monoisotopic (exact) mass is 456 g/mol. The summed E-state index contributed by atoms with van der Waals surface area (Å²) in [4.78, 5) is 16.5. The van der Waals surface area contributed by atoms with E-state index in [-0.39, 0.29) is 0 Å². The van der Waals surface area contributed by atoms with Crippen molar-refractivity contribution >= 4 is 44.4 Å². The molecule has 0 saturated heterocycles. The highest BCUT2D eigenvalue weighted by molar-refractivity contribution is 7.22. The lowest BCUT2D eigenvalue weighted by Crippen LogP contribution is -2.16. The molecule has 0 bridgehead atoms. The Morgan fingerprint density at radius 2 is 1.90 bits per heavy atom. The maximum absolute atomic E-state index is 14.3. The fourth-order valence-electron chi connectivity index (χ4n) is 3.05. The predicted molar refractivity (Wildman–Crippen MR) is 121 cm³/mol. The summed E-state index contributed by atoms with van der Waals surface area (Å²) in [5, 5.41) is 3.38. The summed E-state index contributed by atoms with van der Waals surface area (Å²) < 4.78 is 26.2. The summed E-state index contributed by atoms with van der Waals surface area (Å²) in [6, 6.07) is 17.1. The van der Waals surface area contributed by atoms with Crippen LogP contribution in [-0.2, 0) is 0 Å². The Bertz CT molecular complexity index is 1250. The molecule has 158 valence electrons. The molecule has 4 aromatic rings. The van der Waals surface area contributed by atoms with Crippen molar-refractivity contribution in [3.05, 3.63) is 82.6 Å². The van der Waals surface area contributed by atoms with Crippen molar-refractivity contribution in [2.24, 2.45) is 0 Å². The van der Waals surface area contributed by atoms with Gasteiger partial charge in [-0.2, -0.15) is 0 Å². The molecule has 1 aromatic heterocycles. The average molecular weight is 457 g/mol. The molecule has 5 nitrogen and oxygen atoms in total. The van der Waals surface area contributed by atoms with E-state index in [4.69, 9.17) is 21.1 Å². The van der Waals surface area contributed by atoms with Crippen LogP contribution < -0.4 is 14.8 Å². The lowest BCUT2D eigenvalue weighted by molar-refractivity contribution is 0.215. The highest BCUT2D eigenvalue weighted by Crippen LogP contribution is 2.34. The van der Waals surface area contributed by atoms with Crippen LogP contribution in [0.5, 0.6) is 11.5 Å². The number of para-hydroxylation sites is 1. The van der Waals surface area contributed by atoms with Gasteiger partial charge in [-0.05, 0) is 55.8 Å². The number of fused-ring (bicyclic) bond motifs is 1. The number of aromatic nitrogens is 1. The molecule has 0 aliphatic carbocycles. The number of ether oxygens (including phenoxy) is 2. The molecule has 31 heavy (non-hydrogen) atoms. The minimum atomic E-state index is -0.625. The van der Waals surface area contributed by atoms with Crippen LogP contribution in [0.1, 0.15) is 24.2 Å². The number of halogens is 2. The van der Waals surface area contributed by atoms with Gasteiger partial charge < -0.3 is 9.47 Å². The number of amides is 1. The van der Waals surface area contributed by atoms with Gasteiger partial charge in [-0.3, -0.25) is 5.32 Å². The molecule has 0 fully saturated rings. The first kappa shape index (κ1) is 21.1. The van der Waals surface area contributed by atoms with E-state index in [2.05, 4.69) is 10.3 Å². The number of carbonyl (C=O) groups is 1. The van der Waals surface area contributed by atoms with Crippen LogP contribution >= 0.6 is 22.9 Å².